The van der Waals surface area contributed by atoms with Crippen LogP contribution in [0.2, 0.25) is 0 Å². The number of nitrogens with two attached hydrogens (primary N) is 1. The molecule has 0 saturated heterocycles. The van der Waals surface area contributed by atoms with Gasteiger partial charge in [-0.3, -0.25) is 4.79 Å². The van der Waals surface area contributed by atoms with Gasteiger partial charge >= 0.3 is 0 Å². The van der Waals surface area contributed by atoms with Gasteiger partial charge in [0.15, 0.2) is 0 Å². The van der Waals surface area contributed by atoms with Crippen LogP contribution in [-0.4, -0.2) is 31.7 Å². The van der Waals surface area contributed by atoms with E-state index >= 15 is 0 Å². The van der Waals surface area contributed by atoms with E-state index < -0.39 is 0 Å². The molecule has 1 heterocycles. The molecular formula is C14H20N6O. The first-order valence-electron chi connectivity index (χ1n) is 6.78. The van der Waals surface area contributed by atoms with E-state index in [1.165, 1.54) is 6.33 Å². The third kappa shape index (κ3) is 4.35. The van der Waals surface area contributed by atoms with E-state index in [0.29, 0.717) is 12.8 Å². The van der Waals surface area contributed by atoms with Gasteiger partial charge < -0.3 is 11.1 Å². The molecule has 0 unspecified atom stereocenters. The zero-order valence-corrected chi connectivity index (χ0v) is 12.5. The van der Waals surface area contributed by atoms with Crippen LogP contribution < -0.4 is 11.1 Å². The quantitative estimate of drug-likeness (QED) is 0.867. The number of aromatic nitrogens is 4. The van der Waals surface area contributed by atoms with Gasteiger partial charge in [0.05, 0.1) is 5.69 Å². The van der Waals surface area contributed by atoms with Crippen molar-refractivity contribution in [1.29, 1.82) is 0 Å². The number of carbonyl (C=O) groups is 1. The molecule has 1 aromatic heterocycles. The molecule has 0 aliphatic heterocycles. The van der Waals surface area contributed by atoms with E-state index in [2.05, 4.69) is 20.8 Å². The molecule has 0 saturated carbocycles. The minimum atomic E-state index is -0.336. The fourth-order valence-corrected chi connectivity index (χ4v) is 1.92. The zero-order valence-electron chi connectivity index (χ0n) is 12.5. The van der Waals surface area contributed by atoms with E-state index in [4.69, 9.17) is 5.73 Å². The molecule has 7 heteroatoms. The highest BCUT2D eigenvalue weighted by Crippen LogP contribution is 2.18. The number of tetrazole rings is 1. The summed E-state index contributed by atoms with van der Waals surface area (Å²) in [6.07, 6.45) is 2.57. The van der Waals surface area contributed by atoms with E-state index in [9.17, 15) is 4.79 Å². The normalized spacial score (nSPS) is 11.4. The Morgan fingerprint density at radius 3 is 2.76 bits per heavy atom. The first-order chi connectivity index (χ1) is 9.85. The lowest BCUT2D eigenvalue weighted by Crippen LogP contribution is -2.33. The van der Waals surface area contributed by atoms with Gasteiger partial charge in [0, 0.05) is 17.6 Å². The van der Waals surface area contributed by atoms with Crippen LogP contribution in [0.25, 0.3) is 5.69 Å². The Balaban J connectivity index is 2.02. The van der Waals surface area contributed by atoms with Crippen molar-refractivity contribution in [2.45, 2.75) is 39.2 Å². The van der Waals surface area contributed by atoms with Gasteiger partial charge in [0.1, 0.15) is 6.33 Å². The average Bonchev–Trinajstić information content (AvgIpc) is 2.89. The molecule has 112 valence electrons. The van der Waals surface area contributed by atoms with Crippen LogP contribution in [0.15, 0.2) is 24.5 Å². The second kappa shape index (κ2) is 6.01. The van der Waals surface area contributed by atoms with E-state index in [-0.39, 0.29) is 11.4 Å². The molecule has 0 fully saturated rings. The molecule has 0 radical (unpaired) electrons. The first kappa shape index (κ1) is 15.1. The Hall–Kier alpha value is -2.28. The highest BCUT2D eigenvalue weighted by molar-refractivity contribution is 5.91. The number of carbonyl (C=O) groups excluding carboxylic acids is 1. The molecule has 0 spiro atoms. The van der Waals surface area contributed by atoms with Gasteiger partial charge in [-0.1, -0.05) is 0 Å². The molecular weight excluding hydrogens is 268 g/mol. The van der Waals surface area contributed by atoms with Crippen LogP contribution in [0.3, 0.4) is 0 Å². The van der Waals surface area contributed by atoms with Crippen molar-refractivity contribution in [1.82, 2.24) is 20.2 Å². The van der Waals surface area contributed by atoms with Crippen LogP contribution in [0.5, 0.6) is 0 Å². The van der Waals surface area contributed by atoms with Crippen LogP contribution in [0.1, 0.15) is 32.3 Å². The summed E-state index contributed by atoms with van der Waals surface area (Å²) in [5, 5.41) is 13.9. The minimum Gasteiger partial charge on any atom is -0.326 e. The lowest BCUT2D eigenvalue weighted by molar-refractivity contribution is -0.116. The Bertz CT molecular complexity index is 615. The van der Waals surface area contributed by atoms with E-state index in [1.54, 1.807) is 4.68 Å². The fourth-order valence-electron chi connectivity index (χ4n) is 1.92. The lowest BCUT2D eigenvalue weighted by atomic mass is 10.00. The van der Waals surface area contributed by atoms with Crippen molar-refractivity contribution in [2.24, 2.45) is 5.73 Å². The maximum atomic E-state index is 11.9. The predicted molar refractivity (Wildman–Crippen MR) is 80.0 cm³/mol. The number of hydrogen-bond acceptors (Lipinski definition) is 5. The topological polar surface area (TPSA) is 98.7 Å². The molecule has 1 amide bonds. The zero-order chi connectivity index (χ0) is 15.5. The minimum absolute atomic E-state index is 0.0388. The summed E-state index contributed by atoms with van der Waals surface area (Å²) < 4.78 is 1.58. The summed E-state index contributed by atoms with van der Waals surface area (Å²) in [7, 11) is 0. The standard InChI is InChI=1S/C14H20N6O/c1-10-8-11(17-13(21)6-7-14(2,3)15)4-5-12(10)20-9-16-18-19-20/h4-5,8-9H,6-7,15H2,1-3H3,(H,17,21). The van der Waals surface area contributed by atoms with Crippen LogP contribution >= 0.6 is 0 Å². The maximum absolute atomic E-state index is 11.9. The van der Waals surface area contributed by atoms with Crippen LogP contribution in [0.4, 0.5) is 5.69 Å². The molecule has 2 aromatic rings. The fraction of sp³-hybridized carbons (Fsp3) is 0.429. The second-order valence-electron chi connectivity index (χ2n) is 5.79. The molecule has 3 N–H and O–H groups in total. The van der Waals surface area contributed by atoms with E-state index in [0.717, 1.165) is 16.9 Å². The van der Waals surface area contributed by atoms with Crippen molar-refractivity contribution < 1.29 is 4.79 Å². The van der Waals surface area contributed by atoms with Crippen molar-refractivity contribution in [3.63, 3.8) is 0 Å². The first-order valence-corrected chi connectivity index (χ1v) is 6.78. The van der Waals surface area contributed by atoms with Crippen molar-refractivity contribution in [2.75, 3.05) is 5.32 Å². The molecule has 0 aliphatic carbocycles. The third-order valence-electron chi connectivity index (χ3n) is 3.07. The number of amides is 1. The molecule has 7 nitrogen and oxygen atoms in total. The Kier molecular flexibility index (Phi) is 4.32. The Labute approximate surface area is 123 Å². The predicted octanol–water partition coefficient (Wildman–Crippen LogP) is 1.43. The molecule has 0 aliphatic rings. The Morgan fingerprint density at radius 1 is 1.43 bits per heavy atom. The van der Waals surface area contributed by atoms with Gasteiger partial charge in [-0.05, 0) is 61.4 Å². The average molecular weight is 288 g/mol. The van der Waals surface area contributed by atoms with Crippen molar-refractivity contribution in [3.05, 3.63) is 30.1 Å². The summed E-state index contributed by atoms with van der Waals surface area (Å²) in [5.74, 6) is -0.0388. The monoisotopic (exact) mass is 288 g/mol. The smallest absolute Gasteiger partial charge is 0.224 e. The summed E-state index contributed by atoms with van der Waals surface area (Å²) in [6, 6.07) is 5.59. The summed E-state index contributed by atoms with van der Waals surface area (Å²) >= 11 is 0. The van der Waals surface area contributed by atoms with E-state index in [1.807, 2.05) is 39.0 Å². The summed E-state index contributed by atoms with van der Waals surface area (Å²) in [5.41, 5.74) is 8.14. The molecule has 0 atom stereocenters. The largest absolute Gasteiger partial charge is 0.326 e. The third-order valence-corrected chi connectivity index (χ3v) is 3.07. The molecule has 2 rings (SSSR count). The number of hydrogen-bond donors (Lipinski definition) is 2. The number of anilines is 1. The highest BCUT2D eigenvalue weighted by Gasteiger charge is 2.13. The van der Waals surface area contributed by atoms with Crippen molar-refractivity contribution in [3.8, 4) is 5.69 Å². The van der Waals surface area contributed by atoms with Gasteiger partial charge in [0.25, 0.3) is 0 Å². The van der Waals surface area contributed by atoms with Gasteiger partial charge in [0.2, 0.25) is 5.91 Å². The second-order valence-corrected chi connectivity index (χ2v) is 5.79. The summed E-state index contributed by atoms with van der Waals surface area (Å²) in [6.45, 7) is 5.76. The van der Waals surface area contributed by atoms with Gasteiger partial charge in [-0.15, -0.1) is 5.10 Å². The van der Waals surface area contributed by atoms with Crippen LogP contribution in [-0.2, 0) is 4.79 Å². The summed E-state index contributed by atoms with van der Waals surface area (Å²) in [4.78, 5) is 11.9. The van der Waals surface area contributed by atoms with Gasteiger partial charge in [-0.2, -0.15) is 0 Å². The van der Waals surface area contributed by atoms with Crippen LogP contribution in [0, 0.1) is 6.92 Å². The maximum Gasteiger partial charge on any atom is 0.224 e. The van der Waals surface area contributed by atoms with Crippen molar-refractivity contribution >= 4 is 11.6 Å². The number of aryl methyl sites for hydroxylation is 1. The molecule has 1 aromatic carbocycles. The molecule has 21 heavy (non-hydrogen) atoms. The SMILES string of the molecule is Cc1cc(NC(=O)CCC(C)(C)N)ccc1-n1cnnn1. The number of nitrogens with one attached hydrogen (secondary N) is 1. The number of nitrogens with zero attached hydrogens (tertiary/aromatic N) is 4. The number of rotatable bonds is 5. The Morgan fingerprint density at radius 2 is 2.19 bits per heavy atom. The number of benzene rings is 1. The lowest BCUT2D eigenvalue weighted by Gasteiger charge is -2.17. The molecule has 0 bridgehead atoms. The van der Waals surface area contributed by atoms with Gasteiger partial charge in [-0.25, -0.2) is 4.68 Å². The highest BCUT2D eigenvalue weighted by atomic mass is 16.1.